The summed E-state index contributed by atoms with van der Waals surface area (Å²) in [5.74, 6) is -0.974. The summed E-state index contributed by atoms with van der Waals surface area (Å²) in [5.41, 5.74) is 1.80. The fourth-order valence-corrected chi connectivity index (χ4v) is 2.16. The normalized spacial score (nSPS) is 13.7. The summed E-state index contributed by atoms with van der Waals surface area (Å²) in [6.45, 7) is 3.73. The zero-order valence-corrected chi connectivity index (χ0v) is 10.9. The van der Waals surface area contributed by atoms with E-state index in [9.17, 15) is 9.59 Å². The summed E-state index contributed by atoms with van der Waals surface area (Å²) in [4.78, 5) is 24.5. The predicted octanol–water partition coefficient (Wildman–Crippen LogP) is 1.70. The zero-order chi connectivity index (χ0) is 13.8. The van der Waals surface area contributed by atoms with E-state index < -0.39 is 5.97 Å². The second kappa shape index (κ2) is 5.84. The van der Waals surface area contributed by atoms with E-state index in [4.69, 9.17) is 9.84 Å². The number of hydrogen-bond acceptors (Lipinski definition) is 3. The highest BCUT2D eigenvalue weighted by Gasteiger charge is 2.27. The lowest BCUT2D eigenvalue weighted by Crippen LogP contribution is -2.30. The van der Waals surface area contributed by atoms with Crippen LogP contribution in [0.3, 0.4) is 0 Å². The minimum atomic E-state index is -0.972. The van der Waals surface area contributed by atoms with Crippen molar-refractivity contribution >= 4 is 17.6 Å². The largest absolute Gasteiger partial charge is 0.478 e. The van der Waals surface area contributed by atoms with E-state index in [1.165, 1.54) is 6.07 Å². The molecular weight excluding hydrogens is 246 g/mol. The number of benzene rings is 1. The van der Waals surface area contributed by atoms with Gasteiger partial charge in [0.1, 0.15) is 0 Å². The van der Waals surface area contributed by atoms with Gasteiger partial charge in [0.05, 0.1) is 18.6 Å². The van der Waals surface area contributed by atoms with Crippen LogP contribution < -0.4 is 4.90 Å². The Balaban J connectivity index is 2.09. The highest BCUT2D eigenvalue weighted by molar-refractivity contribution is 6.02. The molecule has 0 saturated carbocycles. The van der Waals surface area contributed by atoms with E-state index in [2.05, 4.69) is 0 Å². The van der Waals surface area contributed by atoms with E-state index >= 15 is 0 Å². The monoisotopic (exact) mass is 263 g/mol. The Bertz CT molecular complexity index is 498. The van der Waals surface area contributed by atoms with Gasteiger partial charge in [-0.05, 0) is 30.2 Å². The molecule has 1 heterocycles. The number of anilines is 1. The Kier molecular flexibility index (Phi) is 4.16. The third-order valence-electron chi connectivity index (χ3n) is 3.07. The molecule has 0 bridgehead atoms. The molecule has 0 spiro atoms. The fraction of sp³-hybridized carbons (Fsp3) is 0.429. The van der Waals surface area contributed by atoms with Gasteiger partial charge < -0.3 is 14.7 Å². The molecule has 0 atom stereocenters. The number of nitrogens with zero attached hydrogens (tertiary/aromatic N) is 1. The zero-order valence-electron chi connectivity index (χ0n) is 10.9. The summed E-state index contributed by atoms with van der Waals surface area (Å²) in [6.07, 6.45) is 1.22. The highest BCUT2D eigenvalue weighted by atomic mass is 16.5. The molecule has 5 nitrogen and oxygen atoms in total. The number of carboxylic acids is 1. The molecule has 1 amide bonds. The molecule has 0 unspecified atom stereocenters. The maximum Gasteiger partial charge on any atom is 0.335 e. The molecule has 102 valence electrons. The van der Waals surface area contributed by atoms with Crippen LogP contribution in [0, 0.1) is 0 Å². The smallest absolute Gasteiger partial charge is 0.335 e. The summed E-state index contributed by atoms with van der Waals surface area (Å²) >= 11 is 0. The Morgan fingerprint density at radius 1 is 1.42 bits per heavy atom. The van der Waals surface area contributed by atoms with Gasteiger partial charge in [0.25, 0.3) is 0 Å². The van der Waals surface area contributed by atoms with Crippen LogP contribution in [0.25, 0.3) is 0 Å². The molecule has 1 N–H and O–H groups in total. The van der Waals surface area contributed by atoms with Gasteiger partial charge >= 0.3 is 5.97 Å². The number of carbonyl (C=O) groups is 2. The molecule has 1 aromatic rings. The Labute approximate surface area is 111 Å². The first-order valence-corrected chi connectivity index (χ1v) is 6.37. The SMILES string of the molecule is CCCOCCN1C(=O)Cc2cc(C(=O)O)ccc21. The van der Waals surface area contributed by atoms with Gasteiger partial charge in [-0.2, -0.15) is 0 Å². The van der Waals surface area contributed by atoms with E-state index in [-0.39, 0.29) is 17.9 Å². The maximum absolute atomic E-state index is 11.9. The minimum Gasteiger partial charge on any atom is -0.478 e. The quantitative estimate of drug-likeness (QED) is 0.793. The second-order valence-corrected chi connectivity index (χ2v) is 4.48. The van der Waals surface area contributed by atoms with E-state index in [0.717, 1.165) is 17.7 Å². The lowest BCUT2D eigenvalue weighted by molar-refractivity contribution is -0.117. The first kappa shape index (κ1) is 13.5. The van der Waals surface area contributed by atoms with Crippen molar-refractivity contribution in [2.75, 3.05) is 24.7 Å². The van der Waals surface area contributed by atoms with E-state index in [0.29, 0.717) is 19.8 Å². The van der Waals surface area contributed by atoms with Crippen LogP contribution in [-0.2, 0) is 16.0 Å². The number of rotatable bonds is 6. The van der Waals surface area contributed by atoms with Crippen molar-refractivity contribution in [3.63, 3.8) is 0 Å². The second-order valence-electron chi connectivity index (χ2n) is 4.48. The van der Waals surface area contributed by atoms with Crippen LogP contribution in [0.15, 0.2) is 18.2 Å². The number of ether oxygens (including phenoxy) is 1. The molecule has 1 aromatic carbocycles. The Morgan fingerprint density at radius 2 is 2.21 bits per heavy atom. The van der Waals surface area contributed by atoms with Crippen molar-refractivity contribution in [2.45, 2.75) is 19.8 Å². The van der Waals surface area contributed by atoms with Crippen LogP contribution in [0.2, 0.25) is 0 Å². The van der Waals surface area contributed by atoms with Gasteiger partial charge in [0.15, 0.2) is 0 Å². The van der Waals surface area contributed by atoms with Gasteiger partial charge in [-0.15, -0.1) is 0 Å². The third kappa shape index (κ3) is 2.93. The number of amides is 1. The fourth-order valence-electron chi connectivity index (χ4n) is 2.16. The summed E-state index contributed by atoms with van der Waals surface area (Å²) in [6, 6.07) is 4.80. The van der Waals surface area contributed by atoms with Gasteiger partial charge in [0.2, 0.25) is 5.91 Å². The van der Waals surface area contributed by atoms with Crippen LogP contribution in [-0.4, -0.2) is 36.7 Å². The molecule has 2 rings (SSSR count). The van der Waals surface area contributed by atoms with Crippen molar-refractivity contribution in [3.05, 3.63) is 29.3 Å². The van der Waals surface area contributed by atoms with Crippen LogP contribution >= 0.6 is 0 Å². The summed E-state index contributed by atoms with van der Waals surface area (Å²) in [5, 5.41) is 8.93. The summed E-state index contributed by atoms with van der Waals surface area (Å²) < 4.78 is 5.38. The average molecular weight is 263 g/mol. The Hall–Kier alpha value is -1.88. The molecule has 1 aliphatic rings. The van der Waals surface area contributed by atoms with Crippen molar-refractivity contribution in [1.29, 1.82) is 0 Å². The number of hydrogen-bond donors (Lipinski definition) is 1. The highest BCUT2D eigenvalue weighted by Crippen LogP contribution is 2.29. The van der Waals surface area contributed by atoms with E-state index in [1.54, 1.807) is 17.0 Å². The first-order chi connectivity index (χ1) is 9.13. The number of fused-ring (bicyclic) bond motifs is 1. The topological polar surface area (TPSA) is 66.8 Å². The van der Waals surface area contributed by atoms with E-state index in [1.807, 2.05) is 6.92 Å². The molecule has 1 aliphatic heterocycles. The van der Waals surface area contributed by atoms with Crippen LogP contribution in [0.5, 0.6) is 0 Å². The molecule has 5 heteroatoms. The average Bonchev–Trinajstić information content (AvgIpc) is 2.69. The van der Waals surface area contributed by atoms with Gasteiger partial charge in [0, 0.05) is 18.8 Å². The third-order valence-corrected chi connectivity index (χ3v) is 3.07. The minimum absolute atomic E-state index is 0.00219. The van der Waals surface area contributed by atoms with Crippen LogP contribution in [0.4, 0.5) is 5.69 Å². The van der Waals surface area contributed by atoms with Crippen molar-refractivity contribution in [1.82, 2.24) is 0 Å². The van der Waals surface area contributed by atoms with Crippen molar-refractivity contribution in [2.24, 2.45) is 0 Å². The number of aromatic carboxylic acids is 1. The van der Waals surface area contributed by atoms with Gasteiger partial charge in [-0.1, -0.05) is 6.92 Å². The predicted molar refractivity (Wildman–Crippen MR) is 70.6 cm³/mol. The first-order valence-electron chi connectivity index (χ1n) is 6.37. The number of carboxylic acid groups (broad SMARTS) is 1. The van der Waals surface area contributed by atoms with Crippen molar-refractivity contribution in [3.8, 4) is 0 Å². The Morgan fingerprint density at radius 3 is 2.89 bits per heavy atom. The van der Waals surface area contributed by atoms with Crippen LogP contribution in [0.1, 0.15) is 29.3 Å². The molecule has 0 radical (unpaired) electrons. The van der Waals surface area contributed by atoms with Crippen molar-refractivity contribution < 1.29 is 19.4 Å². The molecule has 0 fully saturated rings. The molecule has 0 aliphatic carbocycles. The molecule has 19 heavy (non-hydrogen) atoms. The molecule has 0 aromatic heterocycles. The molecule has 0 saturated heterocycles. The lowest BCUT2D eigenvalue weighted by Gasteiger charge is -2.17. The number of carbonyl (C=O) groups excluding carboxylic acids is 1. The summed E-state index contributed by atoms with van der Waals surface area (Å²) in [7, 11) is 0. The maximum atomic E-state index is 11.9. The lowest BCUT2D eigenvalue weighted by atomic mass is 10.1. The standard InChI is InChI=1S/C14H17NO4/c1-2-6-19-7-5-15-12-4-3-10(14(17)18)8-11(12)9-13(15)16/h3-4,8H,2,5-7,9H2,1H3,(H,17,18). The van der Waals surface area contributed by atoms with Gasteiger partial charge in [-0.25, -0.2) is 4.79 Å². The van der Waals surface area contributed by atoms with Gasteiger partial charge in [-0.3, -0.25) is 4.79 Å². The molecular formula is C14H17NO4.